The van der Waals surface area contributed by atoms with Crippen molar-refractivity contribution in [3.8, 4) is 0 Å². The highest BCUT2D eigenvalue weighted by Crippen LogP contribution is 2.10. The first-order valence-electron chi connectivity index (χ1n) is 4.43. The highest BCUT2D eigenvalue weighted by molar-refractivity contribution is 5.39. The van der Waals surface area contributed by atoms with Gasteiger partial charge in [-0.05, 0) is 12.8 Å². The highest BCUT2D eigenvalue weighted by Gasteiger charge is 2.03. The van der Waals surface area contributed by atoms with Crippen LogP contribution in [0.15, 0.2) is 6.20 Å². The molecule has 0 aliphatic heterocycles. The molecule has 0 spiro atoms. The van der Waals surface area contributed by atoms with Crippen LogP contribution in [-0.4, -0.2) is 9.78 Å². The summed E-state index contributed by atoms with van der Waals surface area (Å²) in [5.41, 5.74) is 7.39. The quantitative estimate of drug-likeness (QED) is 0.746. The van der Waals surface area contributed by atoms with Crippen LogP contribution >= 0.6 is 0 Å². The van der Waals surface area contributed by atoms with Gasteiger partial charge in [-0.3, -0.25) is 4.68 Å². The molecule has 2 N–H and O–H groups in total. The molecule has 12 heavy (non-hydrogen) atoms. The van der Waals surface area contributed by atoms with Gasteiger partial charge in [0.2, 0.25) is 0 Å². The lowest BCUT2D eigenvalue weighted by atomic mass is 10.1. The summed E-state index contributed by atoms with van der Waals surface area (Å²) in [7, 11) is 0. The molecule has 1 atom stereocenters. The summed E-state index contributed by atoms with van der Waals surface area (Å²) >= 11 is 0. The first-order valence-corrected chi connectivity index (χ1v) is 4.43. The van der Waals surface area contributed by atoms with Gasteiger partial charge in [0.1, 0.15) is 0 Å². The Labute approximate surface area is 73.6 Å². The van der Waals surface area contributed by atoms with Gasteiger partial charge < -0.3 is 5.73 Å². The third-order valence-electron chi connectivity index (χ3n) is 2.18. The van der Waals surface area contributed by atoms with Crippen LogP contribution in [-0.2, 0) is 6.54 Å². The van der Waals surface area contributed by atoms with E-state index in [2.05, 4.69) is 18.9 Å². The summed E-state index contributed by atoms with van der Waals surface area (Å²) in [6.45, 7) is 7.30. The first kappa shape index (κ1) is 9.10. The van der Waals surface area contributed by atoms with Crippen molar-refractivity contribution in [3.05, 3.63) is 11.9 Å². The van der Waals surface area contributed by atoms with Crippen LogP contribution in [0.2, 0.25) is 0 Å². The van der Waals surface area contributed by atoms with Crippen molar-refractivity contribution in [2.24, 2.45) is 5.92 Å². The number of nitrogens with zero attached hydrogens (tertiary/aromatic N) is 2. The van der Waals surface area contributed by atoms with Crippen molar-refractivity contribution in [1.82, 2.24) is 9.78 Å². The normalized spacial score (nSPS) is 13.2. The molecule has 3 heteroatoms. The molecule has 1 heterocycles. The van der Waals surface area contributed by atoms with Crippen LogP contribution in [0.3, 0.4) is 0 Å². The first-order chi connectivity index (χ1) is 5.63. The fourth-order valence-electron chi connectivity index (χ4n) is 1.08. The Bertz CT molecular complexity index is 233. The van der Waals surface area contributed by atoms with E-state index in [-0.39, 0.29) is 0 Å². The molecular formula is C9H17N3. The molecule has 0 saturated carbocycles. The van der Waals surface area contributed by atoms with E-state index in [0.29, 0.717) is 5.92 Å². The maximum absolute atomic E-state index is 5.67. The van der Waals surface area contributed by atoms with E-state index in [9.17, 15) is 0 Å². The maximum atomic E-state index is 5.67. The van der Waals surface area contributed by atoms with Gasteiger partial charge in [0.15, 0.2) is 0 Å². The van der Waals surface area contributed by atoms with Crippen LogP contribution in [0, 0.1) is 12.8 Å². The monoisotopic (exact) mass is 167 g/mol. The molecule has 0 aliphatic carbocycles. The third kappa shape index (κ3) is 2.00. The topological polar surface area (TPSA) is 43.8 Å². The van der Waals surface area contributed by atoms with E-state index in [1.165, 1.54) is 6.42 Å². The van der Waals surface area contributed by atoms with E-state index >= 15 is 0 Å². The molecular weight excluding hydrogens is 150 g/mol. The van der Waals surface area contributed by atoms with E-state index < -0.39 is 0 Å². The van der Waals surface area contributed by atoms with E-state index in [1.807, 2.05) is 17.8 Å². The zero-order chi connectivity index (χ0) is 9.14. The van der Waals surface area contributed by atoms with Crippen molar-refractivity contribution < 1.29 is 0 Å². The number of anilines is 1. The van der Waals surface area contributed by atoms with Crippen molar-refractivity contribution in [2.45, 2.75) is 33.7 Å². The zero-order valence-electron chi connectivity index (χ0n) is 8.04. The van der Waals surface area contributed by atoms with Gasteiger partial charge in [0.05, 0.1) is 11.4 Å². The molecule has 0 saturated heterocycles. The third-order valence-corrected chi connectivity index (χ3v) is 2.18. The molecule has 0 bridgehead atoms. The van der Waals surface area contributed by atoms with Crippen molar-refractivity contribution >= 4 is 5.69 Å². The fourth-order valence-corrected chi connectivity index (χ4v) is 1.08. The molecule has 1 rings (SSSR count). The van der Waals surface area contributed by atoms with Crippen LogP contribution in [0.1, 0.15) is 26.0 Å². The predicted molar refractivity (Wildman–Crippen MR) is 50.8 cm³/mol. The number of rotatable bonds is 3. The second-order valence-corrected chi connectivity index (χ2v) is 3.41. The zero-order valence-corrected chi connectivity index (χ0v) is 8.04. The Balaban J connectivity index is 2.64. The number of hydrogen-bond donors (Lipinski definition) is 1. The largest absolute Gasteiger partial charge is 0.396 e. The minimum absolute atomic E-state index is 0.670. The van der Waals surface area contributed by atoms with Gasteiger partial charge in [0.25, 0.3) is 0 Å². The Morgan fingerprint density at radius 2 is 2.33 bits per heavy atom. The summed E-state index contributed by atoms with van der Waals surface area (Å²) < 4.78 is 1.93. The Morgan fingerprint density at radius 1 is 1.67 bits per heavy atom. The van der Waals surface area contributed by atoms with Gasteiger partial charge in [-0.25, -0.2) is 0 Å². The van der Waals surface area contributed by atoms with Crippen LogP contribution in [0.4, 0.5) is 5.69 Å². The standard InChI is InChI=1S/C9H17N3/c1-4-7(2)5-12-6-9(10)8(3)11-12/h6-7H,4-5,10H2,1-3H3. The SMILES string of the molecule is CCC(C)Cn1cc(N)c(C)n1. The number of nitrogen functional groups attached to an aromatic ring is 1. The molecule has 3 nitrogen and oxygen atoms in total. The molecule has 1 aromatic heterocycles. The smallest absolute Gasteiger partial charge is 0.0822 e. The highest BCUT2D eigenvalue weighted by atomic mass is 15.3. The van der Waals surface area contributed by atoms with E-state index in [0.717, 1.165) is 17.9 Å². The Hall–Kier alpha value is -0.990. The van der Waals surface area contributed by atoms with Crippen molar-refractivity contribution in [2.75, 3.05) is 5.73 Å². The summed E-state index contributed by atoms with van der Waals surface area (Å²) in [6.07, 6.45) is 3.08. The average molecular weight is 167 g/mol. The van der Waals surface area contributed by atoms with Crippen molar-refractivity contribution in [3.63, 3.8) is 0 Å². The molecule has 0 radical (unpaired) electrons. The Morgan fingerprint density at radius 3 is 2.75 bits per heavy atom. The minimum Gasteiger partial charge on any atom is -0.396 e. The van der Waals surface area contributed by atoms with Gasteiger partial charge >= 0.3 is 0 Å². The van der Waals surface area contributed by atoms with Gasteiger partial charge in [-0.1, -0.05) is 20.3 Å². The summed E-state index contributed by atoms with van der Waals surface area (Å²) in [4.78, 5) is 0. The average Bonchev–Trinajstić information content (AvgIpc) is 2.31. The minimum atomic E-state index is 0.670. The molecule has 1 aromatic rings. The molecule has 0 fully saturated rings. The lowest BCUT2D eigenvalue weighted by molar-refractivity contribution is 0.438. The number of nitrogens with two attached hydrogens (primary N) is 1. The van der Waals surface area contributed by atoms with Crippen molar-refractivity contribution in [1.29, 1.82) is 0 Å². The lowest BCUT2D eigenvalue weighted by Gasteiger charge is -2.07. The number of hydrogen-bond acceptors (Lipinski definition) is 2. The second kappa shape index (κ2) is 3.61. The molecule has 0 aromatic carbocycles. The fraction of sp³-hybridized carbons (Fsp3) is 0.667. The predicted octanol–water partition coefficient (Wildman–Crippen LogP) is 1.82. The van der Waals surface area contributed by atoms with Crippen LogP contribution in [0.5, 0.6) is 0 Å². The van der Waals surface area contributed by atoms with Gasteiger partial charge in [0, 0.05) is 12.7 Å². The summed E-state index contributed by atoms with van der Waals surface area (Å²) in [5.74, 6) is 0.670. The number of aryl methyl sites for hydroxylation is 1. The van der Waals surface area contributed by atoms with E-state index in [4.69, 9.17) is 5.73 Å². The van der Waals surface area contributed by atoms with Crippen LogP contribution < -0.4 is 5.73 Å². The molecule has 1 unspecified atom stereocenters. The van der Waals surface area contributed by atoms with E-state index in [1.54, 1.807) is 0 Å². The van der Waals surface area contributed by atoms with Crippen LogP contribution in [0.25, 0.3) is 0 Å². The summed E-state index contributed by atoms with van der Waals surface area (Å²) in [5, 5.41) is 4.29. The van der Waals surface area contributed by atoms with Gasteiger partial charge in [-0.15, -0.1) is 0 Å². The summed E-state index contributed by atoms with van der Waals surface area (Å²) in [6, 6.07) is 0. The molecule has 0 amide bonds. The molecule has 0 aliphatic rings. The second-order valence-electron chi connectivity index (χ2n) is 3.41. The van der Waals surface area contributed by atoms with Gasteiger partial charge in [-0.2, -0.15) is 5.10 Å². The lowest BCUT2D eigenvalue weighted by Crippen LogP contribution is -2.06. The maximum Gasteiger partial charge on any atom is 0.0822 e. The Kier molecular flexibility index (Phi) is 2.74. The number of aromatic nitrogens is 2. The molecule has 68 valence electrons.